The van der Waals surface area contributed by atoms with Crippen molar-refractivity contribution in [2.24, 2.45) is 0 Å². The third-order valence-corrected chi connectivity index (χ3v) is 7.15. The minimum Gasteiger partial charge on any atom is -0.490 e. The van der Waals surface area contributed by atoms with Crippen LogP contribution in [0.1, 0.15) is 51.8 Å². The summed E-state index contributed by atoms with van der Waals surface area (Å²) in [5, 5.41) is 14.0. The van der Waals surface area contributed by atoms with Crippen molar-refractivity contribution in [3.05, 3.63) is 127 Å². The number of nitrogens with one attached hydrogen (secondary N) is 1. The number of nitro benzene ring substituents is 1. The van der Waals surface area contributed by atoms with E-state index in [0.717, 1.165) is 15.4 Å². The van der Waals surface area contributed by atoms with E-state index in [1.54, 1.807) is 36.4 Å². The second-order valence-corrected chi connectivity index (χ2v) is 10.3. The van der Waals surface area contributed by atoms with E-state index < -0.39 is 40.8 Å². The number of nitro groups is 1. The second kappa shape index (κ2) is 12.3. The largest absolute Gasteiger partial charge is 0.490 e. The Kier molecular flexibility index (Phi) is 8.31. The number of esters is 1. The van der Waals surface area contributed by atoms with Gasteiger partial charge in [-0.05, 0) is 72.8 Å². The van der Waals surface area contributed by atoms with Crippen LogP contribution in [0.2, 0.25) is 0 Å². The summed E-state index contributed by atoms with van der Waals surface area (Å²) in [6.07, 6.45) is 0. The monoisotopic (exact) mass is 657 g/mol. The zero-order valence-electron chi connectivity index (χ0n) is 22.7. The third kappa shape index (κ3) is 5.94. The van der Waals surface area contributed by atoms with Crippen molar-refractivity contribution in [1.29, 1.82) is 0 Å². The molecule has 0 spiro atoms. The van der Waals surface area contributed by atoms with E-state index in [1.807, 2.05) is 0 Å². The number of ketones is 1. The number of anilines is 2. The van der Waals surface area contributed by atoms with E-state index >= 15 is 0 Å². The number of fused-ring (bicyclic) bond motifs is 1. The van der Waals surface area contributed by atoms with Crippen molar-refractivity contribution < 1.29 is 38.4 Å². The van der Waals surface area contributed by atoms with Crippen LogP contribution in [0.15, 0.2) is 89.4 Å². The molecule has 0 aromatic heterocycles. The van der Waals surface area contributed by atoms with Gasteiger partial charge in [0, 0.05) is 27.4 Å². The van der Waals surface area contributed by atoms with E-state index in [0.29, 0.717) is 11.3 Å². The number of hydrogen-bond acceptors (Lipinski definition) is 9. The maximum atomic E-state index is 13.3. The maximum Gasteiger partial charge on any atom is 0.338 e. The molecule has 4 aromatic rings. The molecule has 13 heteroatoms. The lowest BCUT2D eigenvalue weighted by Crippen LogP contribution is -2.29. The maximum absolute atomic E-state index is 13.3. The SMILES string of the molecule is COc1ccc(C(=O)COC(=O)c2ccc3c(c2)C(=O)N(c2cccc(NC(=O)c4ccc(Br)cc4)c2)C3=O)cc1[N+](=O)[O-]. The summed E-state index contributed by atoms with van der Waals surface area (Å²) in [6, 6.07) is 20.3. The topological polar surface area (TPSA) is 162 Å². The molecular formula is C31H20BrN3O9. The lowest BCUT2D eigenvalue weighted by Gasteiger charge is -2.15. The van der Waals surface area contributed by atoms with Gasteiger partial charge in [0.05, 0.1) is 34.4 Å². The quantitative estimate of drug-likeness (QED) is 0.0809. The summed E-state index contributed by atoms with van der Waals surface area (Å²) >= 11 is 3.31. The first-order chi connectivity index (χ1) is 21.1. The van der Waals surface area contributed by atoms with Gasteiger partial charge >= 0.3 is 11.7 Å². The van der Waals surface area contributed by atoms with Crippen LogP contribution in [-0.4, -0.2) is 48.1 Å². The van der Waals surface area contributed by atoms with Crippen LogP contribution < -0.4 is 15.0 Å². The van der Waals surface area contributed by atoms with Gasteiger partial charge in [0.2, 0.25) is 5.78 Å². The Morgan fingerprint density at radius 1 is 0.864 bits per heavy atom. The molecule has 0 saturated carbocycles. The summed E-state index contributed by atoms with van der Waals surface area (Å²) < 4.78 is 10.8. The Balaban J connectivity index is 1.28. The fraction of sp³-hybridized carbons (Fsp3) is 0.0645. The number of rotatable bonds is 9. The number of nitrogens with zero attached hydrogens (tertiary/aromatic N) is 2. The molecule has 1 aliphatic heterocycles. The van der Waals surface area contributed by atoms with Gasteiger partial charge in [0.25, 0.3) is 17.7 Å². The highest BCUT2D eigenvalue weighted by atomic mass is 79.9. The summed E-state index contributed by atoms with van der Waals surface area (Å²) in [5.74, 6) is -3.39. The van der Waals surface area contributed by atoms with Crippen LogP contribution in [0.4, 0.5) is 17.1 Å². The van der Waals surface area contributed by atoms with E-state index in [9.17, 15) is 34.1 Å². The van der Waals surface area contributed by atoms with Crippen molar-refractivity contribution >= 4 is 62.5 Å². The van der Waals surface area contributed by atoms with Crippen LogP contribution >= 0.6 is 15.9 Å². The van der Waals surface area contributed by atoms with Gasteiger partial charge in [0.15, 0.2) is 12.4 Å². The number of imide groups is 1. The van der Waals surface area contributed by atoms with Gasteiger partial charge in [-0.3, -0.25) is 29.3 Å². The van der Waals surface area contributed by atoms with Gasteiger partial charge < -0.3 is 14.8 Å². The molecule has 3 amide bonds. The first-order valence-corrected chi connectivity index (χ1v) is 13.6. The molecule has 12 nitrogen and oxygen atoms in total. The lowest BCUT2D eigenvalue weighted by atomic mass is 10.1. The van der Waals surface area contributed by atoms with Crippen LogP contribution in [0.5, 0.6) is 5.75 Å². The van der Waals surface area contributed by atoms with Crippen molar-refractivity contribution in [3.8, 4) is 5.75 Å². The Morgan fingerprint density at radius 2 is 1.55 bits per heavy atom. The predicted octanol–water partition coefficient (Wildman–Crippen LogP) is 5.46. The van der Waals surface area contributed by atoms with Crippen molar-refractivity contribution in [1.82, 2.24) is 0 Å². The number of Topliss-reactive ketones (excluding diaryl/α,β-unsaturated/α-hetero) is 1. The average molecular weight is 658 g/mol. The van der Waals surface area contributed by atoms with Gasteiger partial charge in [-0.2, -0.15) is 0 Å². The van der Waals surface area contributed by atoms with E-state index in [4.69, 9.17) is 9.47 Å². The average Bonchev–Trinajstić information content (AvgIpc) is 3.28. The fourth-order valence-corrected chi connectivity index (χ4v) is 4.70. The number of carbonyl (C=O) groups is 5. The zero-order chi connectivity index (χ0) is 31.5. The fourth-order valence-electron chi connectivity index (χ4n) is 4.43. The molecule has 0 bridgehead atoms. The number of methoxy groups -OCH3 is 1. The second-order valence-electron chi connectivity index (χ2n) is 9.36. The standard InChI is InChI=1S/C31H20BrN3O9/c1-43-27-12-8-18(14-25(27)35(41)42)26(36)16-44-31(40)19-7-11-23-24(13-19)30(39)34(29(23)38)22-4-2-3-21(15-22)33-28(37)17-5-9-20(32)10-6-17/h2-15H,16H2,1H3,(H,33,37). The smallest absolute Gasteiger partial charge is 0.338 e. The Hall–Kier alpha value is -5.69. The molecule has 44 heavy (non-hydrogen) atoms. The van der Waals surface area contributed by atoms with E-state index in [-0.39, 0.29) is 39.6 Å². The summed E-state index contributed by atoms with van der Waals surface area (Å²) in [7, 11) is 1.25. The highest BCUT2D eigenvalue weighted by molar-refractivity contribution is 9.10. The van der Waals surface area contributed by atoms with Crippen LogP contribution in [0, 0.1) is 10.1 Å². The Morgan fingerprint density at radius 3 is 2.25 bits per heavy atom. The van der Waals surface area contributed by atoms with Gasteiger partial charge in [-0.25, -0.2) is 9.69 Å². The summed E-state index contributed by atoms with van der Waals surface area (Å²) in [5.41, 5.74) is 0.389. The third-order valence-electron chi connectivity index (χ3n) is 6.62. The predicted molar refractivity (Wildman–Crippen MR) is 160 cm³/mol. The van der Waals surface area contributed by atoms with Crippen molar-refractivity contribution in [2.75, 3.05) is 23.9 Å². The molecular weight excluding hydrogens is 638 g/mol. The van der Waals surface area contributed by atoms with Gasteiger partial charge in [-0.1, -0.05) is 22.0 Å². The number of ether oxygens (including phenoxy) is 2. The number of carbonyl (C=O) groups excluding carboxylic acids is 5. The molecule has 0 fully saturated rings. The molecule has 4 aromatic carbocycles. The van der Waals surface area contributed by atoms with E-state index in [2.05, 4.69) is 21.2 Å². The molecule has 1 heterocycles. The van der Waals surface area contributed by atoms with Crippen LogP contribution in [0.25, 0.3) is 0 Å². The first kappa shape index (κ1) is 29.8. The Labute approximate surface area is 257 Å². The first-order valence-electron chi connectivity index (χ1n) is 12.8. The van der Waals surface area contributed by atoms with E-state index in [1.165, 1.54) is 49.6 Å². The van der Waals surface area contributed by atoms with Crippen molar-refractivity contribution in [2.45, 2.75) is 0 Å². The highest BCUT2D eigenvalue weighted by Crippen LogP contribution is 2.31. The normalized spacial score (nSPS) is 12.0. The zero-order valence-corrected chi connectivity index (χ0v) is 24.3. The van der Waals surface area contributed by atoms with Crippen LogP contribution in [0.3, 0.4) is 0 Å². The molecule has 0 atom stereocenters. The lowest BCUT2D eigenvalue weighted by molar-refractivity contribution is -0.385. The minimum absolute atomic E-state index is 0.0351. The molecule has 0 unspecified atom stereocenters. The molecule has 1 N–H and O–H groups in total. The summed E-state index contributed by atoms with van der Waals surface area (Å²) in [4.78, 5) is 75.8. The summed E-state index contributed by atoms with van der Waals surface area (Å²) in [6.45, 7) is -0.725. The molecule has 0 aliphatic carbocycles. The number of halogens is 1. The number of hydrogen-bond donors (Lipinski definition) is 1. The Bertz CT molecular complexity index is 1870. The van der Waals surface area contributed by atoms with Gasteiger partial charge in [0.1, 0.15) is 0 Å². The van der Waals surface area contributed by atoms with Gasteiger partial charge in [-0.15, -0.1) is 0 Å². The molecule has 0 radical (unpaired) electrons. The molecule has 5 rings (SSSR count). The number of amides is 3. The minimum atomic E-state index is -0.944. The molecule has 0 saturated heterocycles. The highest BCUT2D eigenvalue weighted by Gasteiger charge is 2.37. The molecule has 220 valence electrons. The van der Waals surface area contributed by atoms with Crippen LogP contribution in [-0.2, 0) is 4.74 Å². The number of benzene rings is 4. The van der Waals surface area contributed by atoms with Crippen molar-refractivity contribution in [3.63, 3.8) is 0 Å². The molecule has 1 aliphatic rings.